The van der Waals surface area contributed by atoms with Crippen LogP contribution in [0.3, 0.4) is 0 Å². The zero-order valence-electron chi connectivity index (χ0n) is 16.7. The molecular formula is C20H26N4O3S. The van der Waals surface area contributed by atoms with Crippen molar-refractivity contribution in [1.82, 2.24) is 14.8 Å². The van der Waals surface area contributed by atoms with E-state index in [-0.39, 0.29) is 5.97 Å². The first-order valence-electron chi connectivity index (χ1n) is 9.47. The van der Waals surface area contributed by atoms with Crippen molar-refractivity contribution in [3.63, 3.8) is 0 Å². The number of thioether (sulfide) groups is 1. The molecule has 150 valence electrons. The highest BCUT2D eigenvalue weighted by Crippen LogP contribution is 2.37. The van der Waals surface area contributed by atoms with E-state index in [4.69, 9.17) is 9.47 Å². The Kier molecular flexibility index (Phi) is 6.61. The Morgan fingerprint density at radius 3 is 2.86 bits per heavy atom. The van der Waals surface area contributed by atoms with Gasteiger partial charge in [-0.2, -0.15) is 4.98 Å². The van der Waals surface area contributed by atoms with Crippen LogP contribution in [0.4, 0.5) is 5.95 Å². The maximum atomic E-state index is 12.9. The number of esters is 1. The van der Waals surface area contributed by atoms with Gasteiger partial charge in [0.2, 0.25) is 11.1 Å². The molecule has 1 aromatic carbocycles. The number of aromatic nitrogens is 3. The first kappa shape index (κ1) is 20.3. The van der Waals surface area contributed by atoms with Crippen molar-refractivity contribution in [2.45, 2.75) is 44.8 Å². The number of ether oxygens (including phenoxy) is 2. The van der Waals surface area contributed by atoms with E-state index in [0.717, 1.165) is 35.6 Å². The first-order valence-corrected chi connectivity index (χ1v) is 10.5. The first-order chi connectivity index (χ1) is 13.6. The largest absolute Gasteiger partial charge is 0.497 e. The van der Waals surface area contributed by atoms with Crippen molar-refractivity contribution in [2.75, 3.05) is 24.8 Å². The molecule has 3 rings (SSSR count). The van der Waals surface area contributed by atoms with E-state index >= 15 is 0 Å². The lowest BCUT2D eigenvalue weighted by atomic mass is 9.95. The number of rotatable bonds is 8. The Morgan fingerprint density at radius 2 is 2.14 bits per heavy atom. The van der Waals surface area contributed by atoms with Gasteiger partial charge in [-0.25, -0.2) is 9.48 Å². The monoisotopic (exact) mass is 402 g/mol. The predicted molar refractivity (Wildman–Crippen MR) is 110 cm³/mol. The molecule has 1 aliphatic rings. The Morgan fingerprint density at radius 1 is 1.32 bits per heavy atom. The van der Waals surface area contributed by atoms with Crippen molar-refractivity contribution in [3.05, 3.63) is 41.1 Å². The van der Waals surface area contributed by atoms with Gasteiger partial charge in [-0.3, -0.25) is 0 Å². The molecule has 1 aliphatic heterocycles. The molecule has 0 saturated heterocycles. The molecule has 0 aliphatic carbocycles. The molecule has 1 N–H and O–H groups in total. The third-order valence-corrected chi connectivity index (χ3v) is 5.38. The minimum atomic E-state index is -0.431. The molecule has 1 aromatic heterocycles. The van der Waals surface area contributed by atoms with E-state index in [0.29, 0.717) is 23.3 Å². The molecule has 8 heteroatoms. The second-order valence-corrected chi connectivity index (χ2v) is 7.55. The van der Waals surface area contributed by atoms with Crippen molar-refractivity contribution < 1.29 is 14.3 Å². The highest BCUT2D eigenvalue weighted by atomic mass is 32.2. The number of allylic oxidation sites excluding steroid dienone is 1. The maximum absolute atomic E-state index is 12.9. The van der Waals surface area contributed by atoms with Crippen molar-refractivity contribution in [1.29, 1.82) is 0 Å². The average molecular weight is 403 g/mol. The number of fused-ring (bicyclic) bond motifs is 1. The standard InChI is InChI=1S/C20H26N4O3S/c1-5-10-27-18(25)16-13(3)21-19-22-20(28-11-6-2)23-24(19)17(16)14-8-7-9-15(12-14)26-4/h7-9,12,17H,5-6,10-11H2,1-4H3,(H,21,22,23). The Labute approximate surface area is 169 Å². The van der Waals surface area contributed by atoms with Gasteiger partial charge >= 0.3 is 5.97 Å². The van der Waals surface area contributed by atoms with E-state index in [1.807, 2.05) is 38.1 Å². The summed E-state index contributed by atoms with van der Waals surface area (Å²) in [7, 11) is 1.62. The normalized spacial score (nSPS) is 15.8. The van der Waals surface area contributed by atoms with Gasteiger partial charge in [-0.05, 0) is 37.5 Å². The summed E-state index contributed by atoms with van der Waals surface area (Å²) in [6, 6.07) is 7.23. The zero-order valence-corrected chi connectivity index (χ0v) is 17.5. The summed E-state index contributed by atoms with van der Waals surface area (Å²) in [4.78, 5) is 17.5. The molecule has 28 heavy (non-hydrogen) atoms. The molecule has 0 radical (unpaired) electrons. The molecule has 2 aromatic rings. The maximum Gasteiger partial charge on any atom is 0.338 e. The molecule has 7 nitrogen and oxygen atoms in total. The second kappa shape index (κ2) is 9.14. The summed E-state index contributed by atoms with van der Waals surface area (Å²) in [5.41, 5.74) is 2.15. The lowest BCUT2D eigenvalue weighted by Crippen LogP contribution is -2.29. The van der Waals surface area contributed by atoms with Gasteiger partial charge in [0.15, 0.2) is 0 Å². The van der Waals surface area contributed by atoms with Crippen LogP contribution in [0, 0.1) is 0 Å². The molecule has 1 atom stereocenters. The Balaban J connectivity index is 2.07. The van der Waals surface area contributed by atoms with Crippen molar-refractivity contribution in [2.24, 2.45) is 0 Å². The summed E-state index contributed by atoms with van der Waals surface area (Å²) in [6.07, 6.45) is 1.80. The van der Waals surface area contributed by atoms with Gasteiger partial charge < -0.3 is 14.8 Å². The third-order valence-electron chi connectivity index (χ3n) is 4.34. The fourth-order valence-electron chi connectivity index (χ4n) is 3.04. The Hall–Kier alpha value is -2.48. The zero-order chi connectivity index (χ0) is 20.1. The van der Waals surface area contributed by atoms with Crippen LogP contribution in [0.5, 0.6) is 5.75 Å². The van der Waals surface area contributed by atoms with Gasteiger partial charge in [0.25, 0.3) is 0 Å². The smallest absolute Gasteiger partial charge is 0.338 e. The lowest BCUT2D eigenvalue weighted by molar-refractivity contribution is -0.139. The number of carbonyl (C=O) groups is 1. The average Bonchev–Trinajstić information content (AvgIpc) is 3.11. The highest BCUT2D eigenvalue weighted by molar-refractivity contribution is 7.99. The number of benzene rings is 1. The molecule has 0 amide bonds. The van der Waals surface area contributed by atoms with Crippen molar-refractivity contribution >= 4 is 23.7 Å². The van der Waals surface area contributed by atoms with Crippen LogP contribution < -0.4 is 10.1 Å². The number of hydrogen-bond donors (Lipinski definition) is 1. The molecular weight excluding hydrogens is 376 g/mol. The topological polar surface area (TPSA) is 78.3 Å². The molecule has 1 unspecified atom stereocenters. The quantitative estimate of drug-likeness (QED) is 0.527. The van der Waals surface area contributed by atoms with Crippen LogP contribution in [0.1, 0.15) is 45.2 Å². The van der Waals surface area contributed by atoms with E-state index in [1.165, 1.54) is 0 Å². The van der Waals surface area contributed by atoms with Gasteiger partial charge in [0.05, 0.1) is 19.3 Å². The number of nitrogens with zero attached hydrogens (tertiary/aromatic N) is 3. The van der Waals surface area contributed by atoms with Gasteiger partial charge in [-0.1, -0.05) is 37.7 Å². The summed E-state index contributed by atoms with van der Waals surface area (Å²) in [6.45, 7) is 6.34. The number of nitrogens with one attached hydrogen (secondary N) is 1. The fourth-order valence-corrected chi connectivity index (χ4v) is 3.73. The Bertz CT molecular complexity index is 878. The molecule has 0 bridgehead atoms. The van der Waals surface area contributed by atoms with Gasteiger partial charge in [-0.15, -0.1) is 5.10 Å². The van der Waals surface area contributed by atoms with E-state index in [9.17, 15) is 4.79 Å². The van der Waals surface area contributed by atoms with Crippen LogP contribution in [-0.2, 0) is 9.53 Å². The summed E-state index contributed by atoms with van der Waals surface area (Å²) in [5.74, 6) is 1.93. The van der Waals surface area contributed by atoms with Crippen molar-refractivity contribution in [3.8, 4) is 5.75 Å². The number of carbonyl (C=O) groups excluding carboxylic acids is 1. The molecule has 0 spiro atoms. The summed E-state index contributed by atoms with van der Waals surface area (Å²) >= 11 is 1.60. The summed E-state index contributed by atoms with van der Waals surface area (Å²) in [5, 5.41) is 8.58. The predicted octanol–water partition coefficient (Wildman–Crippen LogP) is 4.03. The third kappa shape index (κ3) is 4.16. The number of methoxy groups -OCH3 is 1. The van der Waals surface area contributed by atoms with E-state index in [2.05, 4.69) is 22.3 Å². The van der Waals surface area contributed by atoms with E-state index in [1.54, 1.807) is 23.6 Å². The van der Waals surface area contributed by atoms with Crippen LogP contribution in [0.25, 0.3) is 0 Å². The fraction of sp³-hybridized carbons (Fsp3) is 0.450. The minimum absolute atomic E-state index is 0.344. The molecule has 0 saturated carbocycles. The minimum Gasteiger partial charge on any atom is -0.497 e. The van der Waals surface area contributed by atoms with E-state index < -0.39 is 6.04 Å². The number of hydrogen-bond acceptors (Lipinski definition) is 7. The molecule has 0 fully saturated rings. The van der Waals surface area contributed by atoms with Crippen LogP contribution in [0.2, 0.25) is 0 Å². The van der Waals surface area contributed by atoms with Crippen LogP contribution in [0.15, 0.2) is 40.7 Å². The highest BCUT2D eigenvalue weighted by Gasteiger charge is 2.35. The lowest BCUT2D eigenvalue weighted by Gasteiger charge is -2.28. The second-order valence-electron chi connectivity index (χ2n) is 6.49. The molecule has 2 heterocycles. The SMILES string of the molecule is CCCOC(=O)C1=C(C)Nc2nc(SCCC)nn2C1c1cccc(OC)c1. The van der Waals surface area contributed by atoms with Gasteiger partial charge in [0, 0.05) is 11.4 Å². The van der Waals surface area contributed by atoms with Gasteiger partial charge in [0.1, 0.15) is 11.8 Å². The summed E-state index contributed by atoms with van der Waals surface area (Å²) < 4.78 is 12.6. The van der Waals surface area contributed by atoms with Crippen LogP contribution >= 0.6 is 11.8 Å². The van der Waals surface area contributed by atoms with Crippen LogP contribution in [-0.4, -0.2) is 40.2 Å². The number of anilines is 1.